The van der Waals surface area contributed by atoms with Crippen molar-refractivity contribution in [1.82, 2.24) is 14.4 Å². The molecule has 2 aromatic heterocycles. The third-order valence-electron chi connectivity index (χ3n) is 2.56. The summed E-state index contributed by atoms with van der Waals surface area (Å²) < 4.78 is 1.89. The van der Waals surface area contributed by atoms with Crippen LogP contribution in [0.3, 0.4) is 0 Å². The van der Waals surface area contributed by atoms with E-state index in [-0.39, 0.29) is 0 Å². The lowest BCUT2D eigenvalue weighted by atomic mass is 10.2. The molecule has 0 atom stereocenters. The van der Waals surface area contributed by atoms with E-state index in [1.807, 2.05) is 28.8 Å². The molecule has 0 radical (unpaired) electrons. The van der Waals surface area contributed by atoms with E-state index in [9.17, 15) is 0 Å². The van der Waals surface area contributed by atoms with Gasteiger partial charge in [-0.3, -0.25) is 0 Å². The van der Waals surface area contributed by atoms with Crippen LogP contribution in [0, 0.1) is 0 Å². The number of hydrogen-bond acceptors (Lipinski definition) is 3. The highest BCUT2D eigenvalue weighted by Gasteiger charge is 2.05. The molecule has 0 aliphatic rings. The summed E-state index contributed by atoms with van der Waals surface area (Å²) in [6.45, 7) is 0. The fourth-order valence-corrected chi connectivity index (χ4v) is 2.81. The van der Waals surface area contributed by atoms with Gasteiger partial charge in [0.25, 0.3) is 0 Å². The van der Waals surface area contributed by atoms with Crippen molar-refractivity contribution < 1.29 is 0 Å². The topological polar surface area (TPSA) is 30.2 Å². The quantitative estimate of drug-likeness (QED) is 0.683. The van der Waals surface area contributed by atoms with Crippen LogP contribution in [0.15, 0.2) is 54.1 Å². The minimum atomic E-state index is 0.491. The van der Waals surface area contributed by atoms with Crippen LogP contribution in [-0.4, -0.2) is 14.4 Å². The number of nitrogens with zero attached hydrogens (tertiary/aromatic N) is 3. The molecule has 0 N–H and O–H groups in total. The lowest BCUT2D eigenvalue weighted by Crippen LogP contribution is -1.90. The third-order valence-corrected chi connectivity index (χ3v) is 3.81. The first kappa shape index (κ1) is 11.6. The Morgan fingerprint density at radius 3 is 2.89 bits per heavy atom. The van der Waals surface area contributed by atoms with Crippen molar-refractivity contribution in [2.24, 2.45) is 0 Å². The van der Waals surface area contributed by atoms with Gasteiger partial charge in [0.1, 0.15) is 10.5 Å². The lowest BCUT2D eigenvalue weighted by Gasteiger charge is -2.03. The van der Waals surface area contributed by atoms with Crippen molar-refractivity contribution >= 4 is 28.9 Å². The van der Waals surface area contributed by atoms with Crippen molar-refractivity contribution in [1.29, 1.82) is 0 Å². The Kier molecular flexibility index (Phi) is 3.21. The minimum absolute atomic E-state index is 0.491. The second-order valence-electron chi connectivity index (χ2n) is 3.83. The second kappa shape index (κ2) is 5.00. The van der Waals surface area contributed by atoms with Crippen LogP contribution >= 0.6 is 23.4 Å². The Hall–Kier alpha value is -1.52. The standard InChI is InChI=1S/C13H10ClN3S/c14-13-11-6-15-9-17(11)7-12(16-13)18-8-10-4-2-1-3-5-10/h1-7,9H,8H2. The zero-order chi connectivity index (χ0) is 12.4. The van der Waals surface area contributed by atoms with Gasteiger partial charge in [-0.05, 0) is 5.56 Å². The molecule has 0 fully saturated rings. The van der Waals surface area contributed by atoms with Crippen LogP contribution in [0.25, 0.3) is 5.52 Å². The Morgan fingerprint density at radius 2 is 2.06 bits per heavy atom. The molecular weight excluding hydrogens is 266 g/mol. The van der Waals surface area contributed by atoms with Crippen LogP contribution in [0.4, 0.5) is 0 Å². The van der Waals surface area contributed by atoms with Gasteiger partial charge in [0.05, 0.1) is 12.5 Å². The minimum Gasteiger partial charge on any atom is -0.301 e. The van der Waals surface area contributed by atoms with Crippen LogP contribution in [0.1, 0.15) is 5.56 Å². The van der Waals surface area contributed by atoms with Crippen LogP contribution in [0.2, 0.25) is 5.15 Å². The SMILES string of the molecule is Clc1nc(SCc2ccccc2)cn2cncc12. The van der Waals surface area contributed by atoms with Gasteiger partial charge in [-0.1, -0.05) is 41.9 Å². The number of rotatable bonds is 3. The van der Waals surface area contributed by atoms with Gasteiger partial charge in [0, 0.05) is 11.9 Å². The first-order valence-electron chi connectivity index (χ1n) is 5.48. The van der Waals surface area contributed by atoms with Gasteiger partial charge < -0.3 is 4.40 Å². The molecule has 90 valence electrons. The molecule has 5 heteroatoms. The van der Waals surface area contributed by atoms with Gasteiger partial charge in [-0.2, -0.15) is 0 Å². The smallest absolute Gasteiger partial charge is 0.156 e. The van der Waals surface area contributed by atoms with Gasteiger partial charge in [-0.25, -0.2) is 9.97 Å². The largest absolute Gasteiger partial charge is 0.301 e. The number of halogens is 1. The van der Waals surface area contributed by atoms with Gasteiger partial charge in [0.15, 0.2) is 5.15 Å². The molecule has 3 rings (SSSR count). The molecule has 0 saturated carbocycles. The van der Waals surface area contributed by atoms with Gasteiger partial charge in [-0.15, -0.1) is 11.8 Å². The van der Waals surface area contributed by atoms with Crippen molar-refractivity contribution in [3.63, 3.8) is 0 Å². The highest BCUT2D eigenvalue weighted by molar-refractivity contribution is 7.98. The third kappa shape index (κ3) is 2.35. The molecule has 0 aliphatic heterocycles. The maximum Gasteiger partial charge on any atom is 0.156 e. The summed E-state index contributed by atoms with van der Waals surface area (Å²) in [6, 6.07) is 10.3. The molecule has 3 nitrogen and oxygen atoms in total. The fourth-order valence-electron chi connectivity index (χ4n) is 1.67. The van der Waals surface area contributed by atoms with E-state index in [2.05, 4.69) is 22.1 Å². The first-order valence-corrected chi connectivity index (χ1v) is 6.84. The van der Waals surface area contributed by atoms with Crippen molar-refractivity contribution in [3.05, 3.63) is 59.8 Å². The summed E-state index contributed by atoms with van der Waals surface area (Å²) in [6.07, 6.45) is 5.39. The van der Waals surface area contributed by atoms with Crippen molar-refractivity contribution in [2.75, 3.05) is 0 Å². The number of benzene rings is 1. The van der Waals surface area contributed by atoms with Crippen molar-refractivity contribution in [3.8, 4) is 0 Å². The van der Waals surface area contributed by atoms with Gasteiger partial charge in [0.2, 0.25) is 0 Å². The number of aromatic nitrogens is 3. The number of imidazole rings is 1. The summed E-state index contributed by atoms with van der Waals surface area (Å²) >= 11 is 7.76. The normalized spacial score (nSPS) is 10.9. The summed E-state index contributed by atoms with van der Waals surface area (Å²) in [5.74, 6) is 0.879. The van der Waals surface area contributed by atoms with Crippen LogP contribution < -0.4 is 0 Å². The summed E-state index contributed by atoms with van der Waals surface area (Å²) in [5, 5.41) is 1.39. The van der Waals surface area contributed by atoms with E-state index in [0.717, 1.165) is 16.3 Å². The molecule has 1 aromatic carbocycles. The zero-order valence-electron chi connectivity index (χ0n) is 9.45. The maximum atomic E-state index is 6.10. The maximum absolute atomic E-state index is 6.10. The van der Waals surface area contributed by atoms with E-state index in [1.165, 1.54) is 5.56 Å². The highest BCUT2D eigenvalue weighted by atomic mass is 35.5. The number of thioether (sulfide) groups is 1. The van der Waals surface area contributed by atoms with E-state index < -0.39 is 0 Å². The number of fused-ring (bicyclic) bond motifs is 1. The Balaban J connectivity index is 1.82. The van der Waals surface area contributed by atoms with E-state index in [1.54, 1.807) is 24.3 Å². The van der Waals surface area contributed by atoms with Crippen LogP contribution in [0.5, 0.6) is 0 Å². The second-order valence-corrected chi connectivity index (χ2v) is 5.18. The predicted octanol–water partition coefficient (Wildman–Crippen LogP) is 3.68. The molecule has 0 bridgehead atoms. The molecule has 3 aromatic rings. The molecule has 0 aliphatic carbocycles. The van der Waals surface area contributed by atoms with Crippen LogP contribution in [-0.2, 0) is 5.75 Å². The molecule has 0 amide bonds. The first-order chi connectivity index (χ1) is 8.83. The Bertz CT molecular complexity index is 666. The van der Waals surface area contributed by atoms with Crippen molar-refractivity contribution in [2.45, 2.75) is 10.8 Å². The van der Waals surface area contributed by atoms with Gasteiger partial charge >= 0.3 is 0 Å². The average Bonchev–Trinajstić information content (AvgIpc) is 2.86. The summed E-state index contributed by atoms with van der Waals surface area (Å²) in [4.78, 5) is 8.41. The molecule has 0 unspecified atom stereocenters. The molecule has 0 spiro atoms. The highest BCUT2D eigenvalue weighted by Crippen LogP contribution is 2.24. The van der Waals surface area contributed by atoms with E-state index in [4.69, 9.17) is 11.6 Å². The zero-order valence-corrected chi connectivity index (χ0v) is 11.0. The molecule has 0 saturated heterocycles. The predicted molar refractivity (Wildman–Crippen MR) is 74.0 cm³/mol. The molecular formula is C13H10ClN3S. The van der Waals surface area contributed by atoms with E-state index in [0.29, 0.717) is 5.15 Å². The lowest BCUT2D eigenvalue weighted by molar-refractivity contribution is 1.02. The Morgan fingerprint density at radius 1 is 1.22 bits per heavy atom. The summed E-state index contributed by atoms with van der Waals surface area (Å²) in [7, 11) is 0. The van der Waals surface area contributed by atoms with E-state index >= 15 is 0 Å². The number of hydrogen-bond donors (Lipinski definition) is 0. The fraction of sp³-hybridized carbons (Fsp3) is 0.0769. The monoisotopic (exact) mass is 275 g/mol. The molecule has 2 heterocycles. The molecule has 18 heavy (non-hydrogen) atoms. The summed E-state index contributed by atoms with van der Waals surface area (Å²) in [5.41, 5.74) is 2.10. The average molecular weight is 276 g/mol. The Labute approximate surface area is 114 Å².